The fraction of sp³-hybridized carbons (Fsp3) is 0.0667. The molecule has 0 heterocycles. The Bertz CT molecular complexity index is 604. The topological polar surface area (TPSA) is 86.0 Å². The molecule has 102 valence electrons. The van der Waals surface area contributed by atoms with Crippen molar-refractivity contribution in [1.29, 1.82) is 0 Å². The fourth-order valence-corrected chi connectivity index (χ4v) is 1.59. The molecule has 0 spiro atoms. The molecular formula is C15H16N4O. The van der Waals surface area contributed by atoms with Gasteiger partial charge in [-0.05, 0) is 23.3 Å². The summed E-state index contributed by atoms with van der Waals surface area (Å²) in [5, 5.41) is 7.30. The van der Waals surface area contributed by atoms with E-state index in [9.17, 15) is 0 Å². The molecule has 0 amide bonds. The second kappa shape index (κ2) is 6.94. The van der Waals surface area contributed by atoms with Crippen LogP contribution in [-0.2, 0) is 6.61 Å². The van der Waals surface area contributed by atoms with Gasteiger partial charge in [-0.15, -0.1) is 5.10 Å². The van der Waals surface area contributed by atoms with Gasteiger partial charge in [-0.3, -0.25) is 0 Å². The Morgan fingerprint density at radius 2 is 1.85 bits per heavy atom. The molecule has 0 aliphatic rings. The monoisotopic (exact) mass is 268 g/mol. The van der Waals surface area contributed by atoms with Gasteiger partial charge in [-0.1, -0.05) is 42.5 Å². The minimum absolute atomic E-state index is 0.0715. The lowest BCUT2D eigenvalue weighted by atomic mass is 10.2. The minimum Gasteiger partial charge on any atom is -0.489 e. The molecule has 0 bridgehead atoms. The second-order valence-corrected chi connectivity index (χ2v) is 4.12. The zero-order chi connectivity index (χ0) is 14.2. The number of hydrogen-bond acceptors (Lipinski definition) is 3. The molecule has 0 atom stereocenters. The maximum Gasteiger partial charge on any atom is 0.211 e. The van der Waals surface area contributed by atoms with Crippen molar-refractivity contribution in [1.82, 2.24) is 0 Å². The molecule has 0 fully saturated rings. The van der Waals surface area contributed by atoms with Gasteiger partial charge in [-0.25, -0.2) is 0 Å². The summed E-state index contributed by atoms with van der Waals surface area (Å²) in [6.07, 6.45) is 1.56. The van der Waals surface area contributed by atoms with Gasteiger partial charge in [0, 0.05) is 0 Å². The van der Waals surface area contributed by atoms with Gasteiger partial charge in [-0.2, -0.15) is 5.10 Å². The second-order valence-electron chi connectivity index (χ2n) is 4.12. The van der Waals surface area contributed by atoms with Crippen molar-refractivity contribution in [2.24, 2.45) is 21.7 Å². The van der Waals surface area contributed by atoms with Crippen LogP contribution in [0.5, 0.6) is 5.75 Å². The first-order valence-corrected chi connectivity index (χ1v) is 6.13. The molecule has 5 heteroatoms. The van der Waals surface area contributed by atoms with Crippen LogP contribution in [0.2, 0.25) is 0 Å². The van der Waals surface area contributed by atoms with E-state index in [-0.39, 0.29) is 5.96 Å². The minimum atomic E-state index is -0.0715. The average molecular weight is 268 g/mol. The van der Waals surface area contributed by atoms with Gasteiger partial charge < -0.3 is 16.2 Å². The third-order valence-corrected chi connectivity index (χ3v) is 2.49. The van der Waals surface area contributed by atoms with E-state index >= 15 is 0 Å². The lowest BCUT2D eigenvalue weighted by molar-refractivity contribution is 0.306. The number of nitrogens with two attached hydrogens (primary N) is 2. The molecule has 5 nitrogen and oxygen atoms in total. The predicted molar refractivity (Wildman–Crippen MR) is 80.6 cm³/mol. The van der Waals surface area contributed by atoms with E-state index in [0.717, 1.165) is 16.9 Å². The van der Waals surface area contributed by atoms with Crippen molar-refractivity contribution in [3.05, 3.63) is 65.7 Å². The maximum absolute atomic E-state index is 5.71. The molecule has 0 saturated carbocycles. The van der Waals surface area contributed by atoms with Gasteiger partial charge in [0.25, 0.3) is 0 Å². The Morgan fingerprint density at radius 3 is 2.60 bits per heavy atom. The third-order valence-electron chi connectivity index (χ3n) is 2.49. The molecule has 4 N–H and O–H groups in total. The first kappa shape index (κ1) is 13.6. The molecule has 0 saturated heterocycles. The van der Waals surface area contributed by atoms with E-state index in [4.69, 9.17) is 16.2 Å². The van der Waals surface area contributed by atoms with Gasteiger partial charge in [0.1, 0.15) is 12.4 Å². The van der Waals surface area contributed by atoms with E-state index in [1.165, 1.54) is 0 Å². The molecule has 0 unspecified atom stereocenters. The molecule has 2 aromatic carbocycles. The summed E-state index contributed by atoms with van der Waals surface area (Å²) in [6, 6.07) is 17.5. The standard InChI is InChI=1S/C15H16N4O/c16-15(17)19-18-10-13-7-4-8-14(9-13)20-11-12-5-2-1-3-6-12/h1-10H,11H2,(H4,16,17,19)/b18-10-. The van der Waals surface area contributed by atoms with Crippen molar-refractivity contribution in [3.8, 4) is 5.75 Å². The number of nitrogens with zero attached hydrogens (tertiary/aromatic N) is 2. The highest BCUT2D eigenvalue weighted by Gasteiger charge is 1.96. The average Bonchev–Trinajstić information content (AvgIpc) is 2.46. The summed E-state index contributed by atoms with van der Waals surface area (Å²) in [5.41, 5.74) is 12.4. The van der Waals surface area contributed by atoms with Crippen LogP contribution in [0.25, 0.3) is 0 Å². The summed E-state index contributed by atoms with van der Waals surface area (Å²) in [6.45, 7) is 0.523. The lowest BCUT2D eigenvalue weighted by Crippen LogP contribution is -2.21. The molecule has 2 aromatic rings. The van der Waals surface area contributed by atoms with Crippen LogP contribution in [0.15, 0.2) is 64.8 Å². The van der Waals surface area contributed by atoms with E-state index < -0.39 is 0 Å². The van der Waals surface area contributed by atoms with Crippen molar-refractivity contribution < 1.29 is 4.74 Å². The summed E-state index contributed by atoms with van der Waals surface area (Å²) >= 11 is 0. The number of benzene rings is 2. The molecular weight excluding hydrogens is 252 g/mol. The Labute approximate surface area is 117 Å². The predicted octanol–water partition coefficient (Wildman–Crippen LogP) is 1.87. The van der Waals surface area contributed by atoms with E-state index in [1.54, 1.807) is 6.21 Å². The highest BCUT2D eigenvalue weighted by atomic mass is 16.5. The van der Waals surface area contributed by atoms with Crippen LogP contribution in [-0.4, -0.2) is 12.2 Å². The molecule has 0 radical (unpaired) electrons. The van der Waals surface area contributed by atoms with Crippen molar-refractivity contribution in [2.75, 3.05) is 0 Å². The van der Waals surface area contributed by atoms with Crippen LogP contribution in [0.3, 0.4) is 0 Å². The van der Waals surface area contributed by atoms with Gasteiger partial charge in [0.05, 0.1) is 6.21 Å². The number of ether oxygens (including phenoxy) is 1. The van der Waals surface area contributed by atoms with Gasteiger partial charge >= 0.3 is 0 Å². The third kappa shape index (κ3) is 4.45. The first-order chi connectivity index (χ1) is 9.74. The zero-order valence-corrected chi connectivity index (χ0v) is 10.9. The molecule has 2 rings (SSSR count). The van der Waals surface area contributed by atoms with Gasteiger partial charge in [0.2, 0.25) is 5.96 Å². The van der Waals surface area contributed by atoms with E-state index in [1.807, 2.05) is 54.6 Å². The molecule has 0 aromatic heterocycles. The van der Waals surface area contributed by atoms with Crippen molar-refractivity contribution >= 4 is 12.2 Å². The molecule has 0 aliphatic heterocycles. The van der Waals surface area contributed by atoms with E-state index in [2.05, 4.69) is 10.2 Å². The summed E-state index contributed by atoms with van der Waals surface area (Å²) in [5.74, 6) is 0.695. The van der Waals surface area contributed by atoms with Crippen molar-refractivity contribution in [3.63, 3.8) is 0 Å². The summed E-state index contributed by atoms with van der Waals surface area (Å²) in [4.78, 5) is 0. The normalized spacial score (nSPS) is 10.4. The summed E-state index contributed by atoms with van der Waals surface area (Å²) in [7, 11) is 0. The summed E-state index contributed by atoms with van der Waals surface area (Å²) < 4.78 is 5.71. The van der Waals surface area contributed by atoms with Crippen LogP contribution in [0.4, 0.5) is 0 Å². The maximum atomic E-state index is 5.71. The van der Waals surface area contributed by atoms with Crippen LogP contribution >= 0.6 is 0 Å². The van der Waals surface area contributed by atoms with E-state index in [0.29, 0.717) is 6.61 Å². The van der Waals surface area contributed by atoms with Crippen LogP contribution < -0.4 is 16.2 Å². The Hall–Kier alpha value is -2.82. The highest BCUT2D eigenvalue weighted by molar-refractivity contribution is 5.81. The Kier molecular flexibility index (Phi) is 4.72. The van der Waals surface area contributed by atoms with Gasteiger partial charge in [0.15, 0.2) is 0 Å². The quantitative estimate of drug-likeness (QED) is 0.493. The number of rotatable bonds is 5. The molecule has 0 aliphatic carbocycles. The lowest BCUT2D eigenvalue weighted by Gasteiger charge is -2.06. The van der Waals surface area contributed by atoms with Crippen LogP contribution in [0, 0.1) is 0 Å². The Balaban J connectivity index is 1.99. The largest absolute Gasteiger partial charge is 0.489 e. The Morgan fingerprint density at radius 1 is 1.05 bits per heavy atom. The van der Waals surface area contributed by atoms with Crippen molar-refractivity contribution in [2.45, 2.75) is 6.61 Å². The number of hydrogen-bond donors (Lipinski definition) is 2. The highest BCUT2D eigenvalue weighted by Crippen LogP contribution is 2.14. The SMILES string of the molecule is NC(N)=N/N=C\c1cccc(OCc2ccccc2)c1. The smallest absolute Gasteiger partial charge is 0.211 e. The number of guanidine groups is 1. The van der Waals surface area contributed by atoms with Crippen LogP contribution in [0.1, 0.15) is 11.1 Å². The first-order valence-electron chi connectivity index (χ1n) is 6.13. The zero-order valence-electron chi connectivity index (χ0n) is 10.9. The molecule has 20 heavy (non-hydrogen) atoms. The fourth-order valence-electron chi connectivity index (χ4n) is 1.59.